The van der Waals surface area contributed by atoms with Crippen LogP contribution in [0.4, 0.5) is 4.79 Å². The van der Waals surface area contributed by atoms with Crippen LogP contribution >= 0.6 is 0 Å². The van der Waals surface area contributed by atoms with Crippen molar-refractivity contribution in [3.8, 4) is 0 Å². The van der Waals surface area contributed by atoms with Crippen LogP contribution in [-0.4, -0.2) is 64.8 Å². The fraction of sp³-hybridized carbons (Fsp3) is 0.833. The van der Waals surface area contributed by atoms with E-state index in [1.807, 2.05) is 7.05 Å². The molecule has 1 spiro atoms. The zero-order valence-corrected chi connectivity index (χ0v) is 14.9. The van der Waals surface area contributed by atoms with Crippen LogP contribution in [0.5, 0.6) is 0 Å². The van der Waals surface area contributed by atoms with Crippen LogP contribution in [0.2, 0.25) is 0 Å². The molecule has 3 aliphatic rings. The van der Waals surface area contributed by atoms with E-state index in [2.05, 4.69) is 0 Å². The Kier molecular flexibility index (Phi) is 4.83. The summed E-state index contributed by atoms with van der Waals surface area (Å²) in [5, 5.41) is 0. The number of amides is 4. The molecule has 0 radical (unpaired) electrons. The van der Waals surface area contributed by atoms with Gasteiger partial charge in [-0.25, -0.2) is 4.79 Å². The second-order valence-electron chi connectivity index (χ2n) is 7.62. The molecule has 0 aromatic carbocycles. The standard InChI is InChI=1S/C18H29N3O3/c1-19(14-9-5-3-6-10-14)15(22)13-21-16(23)18(20(2)17(21)24)11-7-4-8-12-18/h14H,3-13H2,1-2H3. The average molecular weight is 335 g/mol. The first-order valence-electron chi connectivity index (χ1n) is 9.33. The van der Waals surface area contributed by atoms with Crippen molar-refractivity contribution in [1.82, 2.24) is 14.7 Å². The second kappa shape index (κ2) is 6.73. The van der Waals surface area contributed by atoms with Gasteiger partial charge in [0.2, 0.25) is 5.91 Å². The van der Waals surface area contributed by atoms with Crippen LogP contribution in [0, 0.1) is 0 Å². The highest BCUT2D eigenvalue weighted by Gasteiger charge is 2.56. The average Bonchev–Trinajstić information content (AvgIpc) is 2.79. The molecule has 134 valence electrons. The largest absolute Gasteiger partial charge is 0.341 e. The number of hydrogen-bond donors (Lipinski definition) is 0. The van der Waals surface area contributed by atoms with E-state index in [0.29, 0.717) is 0 Å². The third-order valence-corrected chi connectivity index (χ3v) is 6.29. The smallest absolute Gasteiger partial charge is 0.327 e. The SMILES string of the molecule is CN(C(=O)CN1C(=O)N(C)C2(CCCCC2)C1=O)C1CCCCC1. The molecule has 0 aromatic rings. The number of hydrogen-bond acceptors (Lipinski definition) is 3. The quantitative estimate of drug-likeness (QED) is 0.744. The van der Waals surface area contributed by atoms with Gasteiger partial charge in [0.1, 0.15) is 12.1 Å². The summed E-state index contributed by atoms with van der Waals surface area (Å²) in [4.78, 5) is 42.7. The van der Waals surface area contributed by atoms with Gasteiger partial charge in [-0.3, -0.25) is 14.5 Å². The minimum absolute atomic E-state index is 0.114. The fourth-order valence-corrected chi connectivity index (χ4v) is 4.59. The number of imide groups is 1. The predicted molar refractivity (Wildman–Crippen MR) is 90.3 cm³/mol. The molecule has 3 fully saturated rings. The van der Waals surface area contributed by atoms with E-state index in [-0.39, 0.29) is 30.4 Å². The Hall–Kier alpha value is -1.59. The molecule has 0 atom stereocenters. The van der Waals surface area contributed by atoms with Gasteiger partial charge < -0.3 is 9.80 Å². The molecule has 6 nitrogen and oxygen atoms in total. The zero-order chi connectivity index (χ0) is 17.3. The summed E-state index contributed by atoms with van der Waals surface area (Å²) in [6.07, 6.45) is 10.1. The second-order valence-corrected chi connectivity index (χ2v) is 7.62. The molecular formula is C18H29N3O3. The fourth-order valence-electron chi connectivity index (χ4n) is 4.59. The topological polar surface area (TPSA) is 60.9 Å². The maximum Gasteiger partial charge on any atom is 0.327 e. The molecule has 1 saturated heterocycles. The number of carbonyl (C=O) groups excluding carboxylic acids is 3. The predicted octanol–water partition coefficient (Wildman–Crippen LogP) is 2.37. The molecule has 0 bridgehead atoms. The summed E-state index contributed by atoms with van der Waals surface area (Å²) in [5.74, 6) is -0.287. The van der Waals surface area contributed by atoms with Crippen molar-refractivity contribution in [3.05, 3.63) is 0 Å². The van der Waals surface area contributed by atoms with Gasteiger partial charge in [0, 0.05) is 20.1 Å². The van der Waals surface area contributed by atoms with Gasteiger partial charge >= 0.3 is 6.03 Å². The van der Waals surface area contributed by atoms with Crippen molar-refractivity contribution in [2.24, 2.45) is 0 Å². The maximum absolute atomic E-state index is 12.9. The lowest BCUT2D eigenvalue weighted by molar-refractivity contribution is -0.141. The number of carbonyl (C=O) groups is 3. The molecule has 6 heteroatoms. The van der Waals surface area contributed by atoms with Gasteiger partial charge in [0.15, 0.2) is 0 Å². The molecule has 4 amide bonds. The van der Waals surface area contributed by atoms with Gasteiger partial charge in [-0.15, -0.1) is 0 Å². The van der Waals surface area contributed by atoms with E-state index < -0.39 is 5.54 Å². The summed E-state index contributed by atoms with van der Waals surface area (Å²) < 4.78 is 0. The third-order valence-electron chi connectivity index (χ3n) is 6.29. The van der Waals surface area contributed by atoms with E-state index in [9.17, 15) is 14.4 Å². The van der Waals surface area contributed by atoms with Crippen molar-refractivity contribution in [3.63, 3.8) is 0 Å². The molecule has 2 aliphatic carbocycles. The zero-order valence-electron chi connectivity index (χ0n) is 14.9. The Morgan fingerprint density at radius 2 is 1.67 bits per heavy atom. The van der Waals surface area contributed by atoms with Crippen LogP contribution in [0.3, 0.4) is 0 Å². The van der Waals surface area contributed by atoms with Crippen LogP contribution in [-0.2, 0) is 9.59 Å². The van der Waals surface area contributed by atoms with Crippen molar-refractivity contribution in [2.75, 3.05) is 20.6 Å². The highest BCUT2D eigenvalue weighted by Crippen LogP contribution is 2.39. The van der Waals surface area contributed by atoms with E-state index in [1.54, 1.807) is 16.8 Å². The molecule has 3 rings (SSSR count). The third kappa shape index (κ3) is 2.80. The van der Waals surface area contributed by atoms with Crippen LogP contribution in [0.15, 0.2) is 0 Å². The molecule has 1 aliphatic heterocycles. The van der Waals surface area contributed by atoms with Gasteiger partial charge in [-0.1, -0.05) is 38.5 Å². The van der Waals surface area contributed by atoms with E-state index >= 15 is 0 Å². The Morgan fingerprint density at radius 3 is 2.29 bits per heavy atom. The van der Waals surface area contributed by atoms with Crippen molar-refractivity contribution >= 4 is 17.8 Å². The monoisotopic (exact) mass is 335 g/mol. The van der Waals surface area contributed by atoms with E-state index in [0.717, 1.165) is 57.8 Å². The van der Waals surface area contributed by atoms with Gasteiger partial charge in [0.25, 0.3) is 5.91 Å². The first-order chi connectivity index (χ1) is 11.5. The van der Waals surface area contributed by atoms with Crippen LogP contribution < -0.4 is 0 Å². The van der Waals surface area contributed by atoms with Gasteiger partial charge in [-0.05, 0) is 25.7 Å². The normalized spacial score (nSPS) is 24.8. The lowest BCUT2D eigenvalue weighted by Gasteiger charge is -2.36. The maximum atomic E-state index is 12.9. The lowest BCUT2D eigenvalue weighted by atomic mass is 9.81. The lowest BCUT2D eigenvalue weighted by Crippen LogP contribution is -2.50. The van der Waals surface area contributed by atoms with Crippen molar-refractivity contribution < 1.29 is 14.4 Å². The molecule has 0 unspecified atom stereocenters. The van der Waals surface area contributed by atoms with Crippen molar-refractivity contribution in [2.45, 2.75) is 75.8 Å². The first kappa shape index (κ1) is 17.2. The number of rotatable bonds is 3. The van der Waals surface area contributed by atoms with Gasteiger partial charge in [-0.2, -0.15) is 0 Å². The number of likely N-dealkylation sites (N-methyl/N-ethyl adjacent to an activating group) is 2. The number of nitrogens with zero attached hydrogens (tertiary/aromatic N) is 3. The van der Waals surface area contributed by atoms with Gasteiger partial charge in [0.05, 0.1) is 0 Å². The minimum Gasteiger partial charge on any atom is -0.341 e. The van der Waals surface area contributed by atoms with E-state index in [1.165, 1.54) is 11.3 Å². The summed E-state index contributed by atoms with van der Waals surface area (Å²) in [6, 6.07) is -0.0623. The molecular weight excluding hydrogens is 306 g/mol. The Balaban J connectivity index is 1.69. The Bertz CT molecular complexity index is 522. The highest BCUT2D eigenvalue weighted by molar-refractivity contribution is 6.08. The van der Waals surface area contributed by atoms with Crippen LogP contribution in [0.25, 0.3) is 0 Å². The molecule has 24 heavy (non-hydrogen) atoms. The minimum atomic E-state index is -0.695. The molecule has 2 saturated carbocycles. The van der Waals surface area contributed by atoms with E-state index in [4.69, 9.17) is 0 Å². The molecule has 0 aromatic heterocycles. The summed E-state index contributed by atoms with van der Waals surface area (Å²) in [5.41, 5.74) is -0.695. The molecule has 1 heterocycles. The highest BCUT2D eigenvalue weighted by atomic mass is 16.2. The summed E-state index contributed by atoms with van der Waals surface area (Å²) in [6.45, 7) is -0.114. The summed E-state index contributed by atoms with van der Waals surface area (Å²) in [7, 11) is 3.52. The van der Waals surface area contributed by atoms with Crippen molar-refractivity contribution in [1.29, 1.82) is 0 Å². The molecule has 0 N–H and O–H groups in total. The Labute approximate surface area is 144 Å². The first-order valence-corrected chi connectivity index (χ1v) is 9.33. The number of urea groups is 1. The van der Waals surface area contributed by atoms with Crippen LogP contribution in [0.1, 0.15) is 64.2 Å². The Morgan fingerprint density at radius 1 is 1.08 bits per heavy atom. The summed E-state index contributed by atoms with van der Waals surface area (Å²) >= 11 is 0.